The van der Waals surface area contributed by atoms with Crippen LogP contribution in [0.2, 0.25) is 0 Å². The molecule has 0 aliphatic carbocycles. The number of H-pyrrole nitrogens is 1. The standard InChI is InChI=1S/C18H22N4O2/c1-12-20-15(10-17(23)21-12)7-8-19-18(24)16-9-13-5-3-4-6-14(13)11-22(16)2/h3-6,10,16H,7-9,11H2,1-2H3,(H,19,24)(H,20,21,23). The molecule has 2 N–H and O–H groups in total. The van der Waals surface area contributed by atoms with Gasteiger partial charge in [-0.3, -0.25) is 14.5 Å². The Morgan fingerprint density at radius 2 is 2.12 bits per heavy atom. The van der Waals surface area contributed by atoms with E-state index in [4.69, 9.17) is 0 Å². The molecule has 126 valence electrons. The Labute approximate surface area is 140 Å². The first kappa shape index (κ1) is 16.4. The van der Waals surface area contributed by atoms with Crippen molar-refractivity contribution in [2.24, 2.45) is 0 Å². The van der Waals surface area contributed by atoms with Crippen LogP contribution < -0.4 is 10.9 Å². The molecule has 0 saturated heterocycles. The highest BCUT2D eigenvalue weighted by Gasteiger charge is 2.28. The molecule has 2 aromatic rings. The van der Waals surface area contributed by atoms with Gasteiger partial charge in [-0.25, -0.2) is 4.98 Å². The van der Waals surface area contributed by atoms with Gasteiger partial charge < -0.3 is 10.3 Å². The van der Waals surface area contributed by atoms with Crippen LogP contribution in [0.3, 0.4) is 0 Å². The van der Waals surface area contributed by atoms with E-state index in [0.717, 1.165) is 13.0 Å². The third kappa shape index (κ3) is 3.71. The van der Waals surface area contributed by atoms with E-state index in [9.17, 15) is 9.59 Å². The average Bonchev–Trinajstić information content (AvgIpc) is 2.53. The first-order chi connectivity index (χ1) is 11.5. The van der Waals surface area contributed by atoms with Crippen LogP contribution in [0.15, 0.2) is 35.1 Å². The number of hydrogen-bond donors (Lipinski definition) is 2. The third-order valence-corrected chi connectivity index (χ3v) is 4.38. The summed E-state index contributed by atoms with van der Waals surface area (Å²) in [5.41, 5.74) is 3.06. The number of rotatable bonds is 4. The molecule has 0 radical (unpaired) electrons. The van der Waals surface area contributed by atoms with E-state index in [1.165, 1.54) is 17.2 Å². The van der Waals surface area contributed by atoms with Crippen LogP contribution in [0.1, 0.15) is 22.6 Å². The van der Waals surface area contributed by atoms with E-state index in [-0.39, 0.29) is 17.5 Å². The minimum absolute atomic E-state index is 0.0218. The maximum atomic E-state index is 12.5. The molecule has 1 aromatic carbocycles. The van der Waals surface area contributed by atoms with E-state index in [1.54, 1.807) is 6.92 Å². The zero-order valence-corrected chi connectivity index (χ0v) is 14.0. The van der Waals surface area contributed by atoms with Gasteiger partial charge in [0.15, 0.2) is 0 Å². The lowest BCUT2D eigenvalue weighted by atomic mass is 9.94. The highest BCUT2D eigenvalue weighted by Crippen LogP contribution is 2.21. The fourth-order valence-electron chi connectivity index (χ4n) is 3.15. The van der Waals surface area contributed by atoms with Gasteiger partial charge in [0, 0.05) is 31.3 Å². The third-order valence-electron chi connectivity index (χ3n) is 4.38. The second kappa shape index (κ2) is 6.97. The van der Waals surface area contributed by atoms with Crippen molar-refractivity contribution in [1.82, 2.24) is 20.2 Å². The minimum atomic E-state index is -0.160. The first-order valence-electron chi connectivity index (χ1n) is 8.14. The molecule has 2 heterocycles. The van der Waals surface area contributed by atoms with Crippen LogP contribution in [-0.2, 0) is 24.2 Å². The topological polar surface area (TPSA) is 78.1 Å². The smallest absolute Gasteiger partial charge is 0.251 e. The van der Waals surface area contributed by atoms with Crippen molar-refractivity contribution >= 4 is 5.91 Å². The summed E-state index contributed by atoms with van der Waals surface area (Å²) in [4.78, 5) is 32.9. The van der Waals surface area contributed by atoms with Gasteiger partial charge in [-0.05, 0) is 31.5 Å². The SMILES string of the molecule is Cc1nc(CCNC(=O)C2Cc3ccccc3CN2C)cc(=O)[nH]1. The number of benzene rings is 1. The molecule has 1 aromatic heterocycles. The van der Waals surface area contributed by atoms with Crippen molar-refractivity contribution in [3.05, 3.63) is 63.3 Å². The molecule has 24 heavy (non-hydrogen) atoms. The lowest BCUT2D eigenvalue weighted by molar-refractivity contribution is -0.126. The molecule has 1 unspecified atom stereocenters. The number of aryl methyl sites for hydroxylation is 1. The molecule has 6 heteroatoms. The molecular formula is C18H22N4O2. The first-order valence-corrected chi connectivity index (χ1v) is 8.14. The number of carbonyl (C=O) groups is 1. The van der Waals surface area contributed by atoms with Gasteiger partial charge in [0.2, 0.25) is 5.91 Å². The molecule has 1 atom stereocenters. The van der Waals surface area contributed by atoms with Crippen LogP contribution >= 0.6 is 0 Å². The van der Waals surface area contributed by atoms with Gasteiger partial charge in [-0.15, -0.1) is 0 Å². The quantitative estimate of drug-likeness (QED) is 0.871. The lowest BCUT2D eigenvalue weighted by Crippen LogP contribution is -2.48. The highest BCUT2D eigenvalue weighted by atomic mass is 16.2. The number of nitrogens with one attached hydrogen (secondary N) is 2. The Morgan fingerprint density at radius 1 is 1.38 bits per heavy atom. The average molecular weight is 326 g/mol. The predicted molar refractivity (Wildman–Crippen MR) is 91.7 cm³/mol. The molecule has 3 rings (SSSR count). The fourth-order valence-corrected chi connectivity index (χ4v) is 3.15. The largest absolute Gasteiger partial charge is 0.354 e. The molecule has 6 nitrogen and oxygen atoms in total. The summed E-state index contributed by atoms with van der Waals surface area (Å²) in [7, 11) is 1.97. The maximum absolute atomic E-state index is 12.5. The Bertz CT molecular complexity index is 800. The lowest BCUT2D eigenvalue weighted by Gasteiger charge is -2.33. The number of nitrogens with zero attached hydrogens (tertiary/aromatic N) is 2. The van der Waals surface area contributed by atoms with Crippen molar-refractivity contribution in [3.63, 3.8) is 0 Å². The Hall–Kier alpha value is -2.47. The van der Waals surface area contributed by atoms with Crippen molar-refractivity contribution in [1.29, 1.82) is 0 Å². The second-order valence-electron chi connectivity index (χ2n) is 6.27. The minimum Gasteiger partial charge on any atom is -0.354 e. The number of carbonyl (C=O) groups excluding carboxylic acids is 1. The molecule has 0 bridgehead atoms. The Kier molecular flexibility index (Phi) is 4.76. The van der Waals surface area contributed by atoms with Crippen molar-refractivity contribution in [2.75, 3.05) is 13.6 Å². The van der Waals surface area contributed by atoms with Gasteiger partial charge in [0.05, 0.1) is 6.04 Å². The summed E-state index contributed by atoms with van der Waals surface area (Å²) in [5, 5.41) is 2.97. The normalized spacial score (nSPS) is 17.3. The van der Waals surface area contributed by atoms with Gasteiger partial charge in [0.1, 0.15) is 5.82 Å². The molecule has 0 fully saturated rings. The monoisotopic (exact) mass is 326 g/mol. The van der Waals surface area contributed by atoms with Crippen LogP contribution in [0.4, 0.5) is 0 Å². The predicted octanol–water partition coefficient (Wildman–Crippen LogP) is 0.794. The number of fused-ring (bicyclic) bond motifs is 1. The summed E-state index contributed by atoms with van der Waals surface area (Å²) >= 11 is 0. The fraction of sp³-hybridized carbons (Fsp3) is 0.389. The van der Waals surface area contributed by atoms with E-state index >= 15 is 0 Å². The zero-order chi connectivity index (χ0) is 17.1. The van der Waals surface area contributed by atoms with Gasteiger partial charge in [0.25, 0.3) is 5.56 Å². The van der Waals surface area contributed by atoms with E-state index in [0.29, 0.717) is 24.5 Å². The number of likely N-dealkylation sites (N-methyl/N-ethyl adjacent to an activating group) is 1. The molecule has 0 spiro atoms. The van der Waals surface area contributed by atoms with Gasteiger partial charge in [-0.2, -0.15) is 0 Å². The van der Waals surface area contributed by atoms with Gasteiger partial charge in [-0.1, -0.05) is 24.3 Å². The molecular weight excluding hydrogens is 304 g/mol. The highest BCUT2D eigenvalue weighted by molar-refractivity contribution is 5.82. The van der Waals surface area contributed by atoms with E-state index in [2.05, 4.69) is 32.3 Å². The van der Waals surface area contributed by atoms with Gasteiger partial charge >= 0.3 is 0 Å². The van der Waals surface area contributed by atoms with Crippen LogP contribution in [0.5, 0.6) is 0 Å². The van der Waals surface area contributed by atoms with Crippen LogP contribution in [0.25, 0.3) is 0 Å². The number of amides is 1. The number of hydrogen-bond acceptors (Lipinski definition) is 4. The molecule has 1 aliphatic heterocycles. The number of aromatic amines is 1. The molecule has 1 aliphatic rings. The van der Waals surface area contributed by atoms with E-state index in [1.807, 2.05) is 19.2 Å². The zero-order valence-electron chi connectivity index (χ0n) is 14.0. The molecule has 1 amide bonds. The maximum Gasteiger partial charge on any atom is 0.251 e. The van der Waals surface area contributed by atoms with Crippen molar-refractivity contribution in [2.45, 2.75) is 32.4 Å². The summed E-state index contributed by atoms with van der Waals surface area (Å²) in [6.07, 6.45) is 1.27. The van der Waals surface area contributed by atoms with Crippen LogP contribution in [0, 0.1) is 6.92 Å². The van der Waals surface area contributed by atoms with Crippen LogP contribution in [-0.4, -0.2) is 40.4 Å². The molecule has 0 saturated carbocycles. The summed E-state index contributed by atoms with van der Waals surface area (Å²) in [5.74, 6) is 0.612. The van der Waals surface area contributed by atoms with Crippen molar-refractivity contribution in [3.8, 4) is 0 Å². The summed E-state index contributed by atoms with van der Waals surface area (Å²) in [6, 6.07) is 9.56. The second-order valence-corrected chi connectivity index (χ2v) is 6.27. The Balaban J connectivity index is 1.58. The van der Waals surface area contributed by atoms with Crippen molar-refractivity contribution < 1.29 is 4.79 Å². The van der Waals surface area contributed by atoms with E-state index < -0.39 is 0 Å². The Morgan fingerprint density at radius 3 is 2.88 bits per heavy atom. The number of aromatic nitrogens is 2. The summed E-state index contributed by atoms with van der Waals surface area (Å²) < 4.78 is 0. The summed E-state index contributed by atoms with van der Waals surface area (Å²) in [6.45, 7) is 3.00.